The van der Waals surface area contributed by atoms with E-state index in [1.807, 2.05) is 13.8 Å². The third kappa shape index (κ3) is 17.4. The van der Waals surface area contributed by atoms with E-state index in [0.717, 1.165) is 25.7 Å². The lowest BCUT2D eigenvalue weighted by Gasteiger charge is -2.23. The molecule has 2 aromatic carbocycles. The van der Waals surface area contributed by atoms with Crippen molar-refractivity contribution >= 4 is 116 Å². The van der Waals surface area contributed by atoms with Crippen molar-refractivity contribution in [2.45, 2.75) is 64.6 Å². The largest absolute Gasteiger partial charge is 0.489 e. The molecule has 2 N–H and O–H groups in total. The van der Waals surface area contributed by atoms with Crippen LogP contribution in [0.4, 0.5) is 23.0 Å². The first kappa shape index (κ1) is 53.7. The molecule has 0 aliphatic carbocycles. The number of pyridine rings is 2. The number of anilines is 2. The van der Waals surface area contributed by atoms with Gasteiger partial charge in [0.1, 0.15) is 45.9 Å². The van der Waals surface area contributed by atoms with Crippen LogP contribution in [0.25, 0.3) is 0 Å². The number of nitrogens with zero attached hydrogens (tertiary/aromatic N) is 4. The van der Waals surface area contributed by atoms with Gasteiger partial charge in [-0.2, -0.15) is 9.97 Å². The predicted molar refractivity (Wildman–Crippen MR) is 259 cm³/mol. The standard InChI is InChI=1S/C42H44Cl8N6O9/c1-3-5-15-51-41-31(55(57)58)7-9-37(53-41)64-33(39-27(43)21-25(22-28(39)44)62-19-13-35(47)48)11-17-61-18-12-34(40-29(45)23-26(24-30(40)46)63-20-14-36(49)50)65-38-10-8-32(56(59)60)42(54-38)52-16-6-4-2/h7-10,13-14,21-24,33-34H,3-6,11-12,15-20H2,1-2H3,(H,51,53)(H,52,54). The van der Waals surface area contributed by atoms with Crippen LogP contribution in [0.2, 0.25) is 20.1 Å². The molecular formula is C42H44Cl8N6O9. The molecule has 15 nitrogen and oxygen atoms in total. The Morgan fingerprint density at radius 1 is 0.646 bits per heavy atom. The molecule has 0 aliphatic rings. The van der Waals surface area contributed by atoms with Crippen molar-refractivity contribution in [2.24, 2.45) is 0 Å². The number of unbranched alkanes of at least 4 members (excludes halogenated alkanes) is 2. The Morgan fingerprint density at radius 2 is 1.02 bits per heavy atom. The fourth-order valence-corrected chi connectivity index (χ4v) is 7.60. The maximum absolute atomic E-state index is 11.8. The number of hydrogen-bond donors (Lipinski definition) is 2. The van der Waals surface area contributed by atoms with E-state index in [-0.39, 0.29) is 103 Å². The van der Waals surface area contributed by atoms with Gasteiger partial charge in [-0.1, -0.05) is 119 Å². The van der Waals surface area contributed by atoms with Crippen molar-refractivity contribution in [2.75, 3.05) is 50.2 Å². The van der Waals surface area contributed by atoms with Gasteiger partial charge in [0.2, 0.25) is 23.4 Å². The summed E-state index contributed by atoms with van der Waals surface area (Å²) in [6, 6.07) is 11.5. The molecule has 352 valence electrons. The van der Waals surface area contributed by atoms with E-state index in [0.29, 0.717) is 35.7 Å². The van der Waals surface area contributed by atoms with Crippen LogP contribution in [-0.2, 0) is 4.74 Å². The Labute approximate surface area is 415 Å². The highest BCUT2D eigenvalue weighted by Crippen LogP contribution is 2.41. The molecule has 2 heterocycles. The van der Waals surface area contributed by atoms with E-state index in [9.17, 15) is 20.2 Å². The first-order valence-electron chi connectivity index (χ1n) is 20.1. The van der Waals surface area contributed by atoms with Gasteiger partial charge in [0.25, 0.3) is 0 Å². The second-order valence-electron chi connectivity index (χ2n) is 13.7. The van der Waals surface area contributed by atoms with Crippen LogP contribution in [-0.4, -0.2) is 59.3 Å². The zero-order valence-corrected chi connectivity index (χ0v) is 40.9. The zero-order valence-electron chi connectivity index (χ0n) is 34.9. The minimum atomic E-state index is -0.895. The minimum Gasteiger partial charge on any atom is -0.489 e. The predicted octanol–water partition coefficient (Wildman–Crippen LogP) is 14.5. The van der Waals surface area contributed by atoms with Crippen LogP contribution in [0.5, 0.6) is 23.3 Å². The second-order valence-corrected chi connectivity index (χ2v) is 17.4. The molecule has 4 rings (SSSR count). The quantitative estimate of drug-likeness (QED) is 0.0312. The third-order valence-electron chi connectivity index (χ3n) is 9.03. The molecule has 2 aromatic heterocycles. The first-order valence-corrected chi connectivity index (χ1v) is 23.1. The maximum atomic E-state index is 11.8. The molecule has 2 unspecified atom stereocenters. The average molecular weight is 1060 g/mol. The number of benzene rings is 2. The molecule has 0 radical (unpaired) electrons. The lowest BCUT2D eigenvalue weighted by atomic mass is 10.1. The van der Waals surface area contributed by atoms with Crippen LogP contribution in [0, 0.1) is 20.2 Å². The summed E-state index contributed by atoms with van der Waals surface area (Å²) in [6.07, 6.45) is 4.62. The van der Waals surface area contributed by atoms with Gasteiger partial charge in [-0.15, -0.1) is 0 Å². The van der Waals surface area contributed by atoms with Gasteiger partial charge in [-0.3, -0.25) is 20.2 Å². The van der Waals surface area contributed by atoms with Gasteiger partial charge in [-0.25, -0.2) is 0 Å². The zero-order chi connectivity index (χ0) is 47.5. The highest BCUT2D eigenvalue weighted by molar-refractivity contribution is 6.56. The molecular weight excluding hydrogens is 1020 g/mol. The first-order chi connectivity index (χ1) is 31.1. The summed E-state index contributed by atoms with van der Waals surface area (Å²) in [5, 5.41) is 30.4. The van der Waals surface area contributed by atoms with E-state index in [4.69, 9.17) is 116 Å². The van der Waals surface area contributed by atoms with Crippen molar-refractivity contribution in [1.82, 2.24) is 9.97 Å². The Hall–Kier alpha value is -3.90. The van der Waals surface area contributed by atoms with Crippen molar-refractivity contribution in [3.63, 3.8) is 0 Å². The van der Waals surface area contributed by atoms with E-state index < -0.39 is 22.1 Å². The number of nitro groups is 2. The second kappa shape index (κ2) is 27.7. The van der Waals surface area contributed by atoms with Crippen molar-refractivity contribution in [1.29, 1.82) is 0 Å². The van der Waals surface area contributed by atoms with Crippen molar-refractivity contribution in [3.05, 3.63) is 121 Å². The summed E-state index contributed by atoms with van der Waals surface area (Å²) in [7, 11) is 0. The molecule has 0 saturated heterocycles. The summed E-state index contributed by atoms with van der Waals surface area (Å²) in [6.45, 7) is 5.09. The summed E-state index contributed by atoms with van der Waals surface area (Å²) in [5.74, 6) is 0.833. The SMILES string of the molecule is CCCCNc1nc(OC(CCOCCC(Oc2ccc([N+](=O)[O-])c(NCCCC)n2)c2c(Cl)cc(OCC=C(Cl)Cl)cc2Cl)c2c(Cl)cc(OCC=C(Cl)Cl)cc2Cl)ccc1[N+](=O)[O-]. The molecule has 65 heavy (non-hydrogen) atoms. The van der Waals surface area contributed by atoms with E-state index >= 15 is 0 Å². The van der Waals surface area contributed by atoms with Crippen molar-refractivity contribution in [3.8, 4) is 23.3 Å². The number of aromatic nitrogens is 2. The number of ether oxygens (including phenoxy) is 5. The monoisotopic (exact) mass is 1060 g/mol. The van der Waals surface area contributed by atoms with E-state index in [2.05, 4.69) is 20.6 Å². The van der Waals surface area contributed by atoms with Crippen molar-refractivity contribution < 1.29 is 33.5 Å². The lowest BCUT2D eigenvalue weighted by Crippen LogP contribution is -2.16. The highest BCUT2D eigenvalue weighted by atomic mass is 35.5. The van der Waals surface area contributed by atoms with Gasteiger partial charge in [0.15, 0.2) is 0 Å². The maximum Gasteiger partial charge on any atom is 0.311 e. The molecule has 0 saturated carbocycles. The molecule has 23 heteroatoms. The number of nitrogens with one attached hydrogen (secondary N) is 2. The topological polar surface area (TPSA) is 182 Å². The Morgan fingerprint density at radius 3 is 1.34 bits per heavy atom. The summed E-state index contributed by atoms with van der Waals surface area (Å²) in [5.41, 5.74) is 0.290. The smallest absolute Gasteiger partial charge is 0.311 e. The molecule has 0 spiro atoms. The van der Waals surface area contributed by atoms with Gasteiger partial charge in [0, 0.05) is 61.3 Å². The van der Waals surface area contributed by atoms with E-state index in [1.165, 1.54) is 36.4 Å². The van der Waals surface area contributed by atoms with Crippen LogP contribution in [0.15, 0.2) is 69.7 Å². The number of rotatable bonds is 28. The molecule has 2 atom stereocenters. The molecule has 0 fully saturated rings. The van der Waals surface area contributed by atoms with Crippen LogP contribution in [0.3, 0.4) is 0 Å². The van der Waals surface area contributed by atoms with E-state index in [1.54, 1.807) is 24.3 Å². The van der Waals surface area contributed by atoms with Gasteiger partial charge in [0.05, 0.1) is 43.2 Å². The van der Waals surface area contributed by atoms with Crippen LogP contribution < -0.4 is 29.6 Å². The summed E-state index contributed by atoms with van der Waals surface area (Å²) < 4.78 is 30.3. The number of hydrogen-bond acceptors (Lipinski definition) is 13. The van der Waals surface area contributed by atoms with Gasteiger partial charge >= 0.3 is 11.4 Å². The molecule has 0 aliphatic heterocycles. The lowest BCUT2D eigenvalue weighted by molar-refractivity contribution is -0.384. The molecule has 0 amide bonds. The summed E-state index contributed by atoms with van der Waals surface area (Å²) >= 11 is 50.2. The van der Waals surface area contributed by atoms with Gasteiger partial charge < -0.3 is 34.3 Å². The molecule has 0 bridgehead atoms. The number of halogens is 8. The highest BCUT2D eigenvalue weighted by Gasteiger charge is 2.27. The fraction of sp³-hybridized carbons (Fsp3) is 0.381. The summed E-state index contributed by atoms with van der Waals surface area (Å²) in [4.78, 5) is 31.4. The van der Waals surface area contributed by atoms with Gasteiger partial charge in [-0.05, 0) is 49.3 Å². The Balaban J connectivity index is 1.63. The Bertz CT molecular complexity index is 2100. The Kier molecular flexibility index (Phi) is 22.9. The average Bonchev–Trinajstić information content (AvgIpc) is 3.22. The minimum absolute atomic E-state index is 0.0214. The van der Waals surface area contributed by atoms with Crippen LogP contribution >= 0.6 is 92.8 Å². The molecule has 4 aromatic rings. The van der Waals surface area contributed by atoms with Crippen LogP contribution in [0.1, 0.15) is 75.7 Å². The third-order valence-corrected chi connectivity index (χ3v) is 10.9. The fourth-order valence-electron chi connectivity index (χ4n) is 5.93. The normalized spacial score (nSPS) is 11.8.